The summed E-state index contributed by atoms with van der Waals surface area (Å²) in [5.74, 6) is 0.832. The molecule has 1 aromatic heterocycles. The fraction of sp³-hybridized carbons (Fsp3) is 0.211. The molecule has 2 aromatic carbocycles. The van der Waals surface area contributed by atoms with Gasteiger partial charge >= 0.3 is 0 Å². The first-order valence-corrected chi connectivity index (χ1v) is 8.00. The van der Waals surface area contributed by atoms with Crippen LogP contribution in [0.1, 0.15) is 18.2 Å². The van der Waals surface area contributed by atoms with Crippen molar-refractivity contribution in [3.8, 4) is 0 Å². The fourth-order valence-corrected chi connectivity index (χ4v) is 2.83. The normalized spacial score (nSPS) is 12.3. The van der Waals surface area contributed by atoms with E-state index < -0.39 is 0 Å². The Labute approximate surface area is 140 Å². The first-order valence-electron chi connectivity index (χ1n) is 7.62. The van der Waals surface area contributed by atoms with Crippen LogP contribution in [-0.2, 0) is 17.6 Å². The van der Waals surface area contributed by atoms with E-state index in [2.05, 4.69) is 5.32 Å². The Balaban J connectivity index is 1.59. The summed E-state index contributed by atoms with van der Waals surface area (Å²) in [6, 6.07) is 17.3. The lowest BCUT2D eigenvalue weighted by Crippen LogP contribution is -2.35. The average Bonchev–Trinajstić information content (AvgIpc) is 2.91. The zero-order chi connectivity index (χ0) is 16.2. The van der Waals surface area contributed by atoms with Gasteiger partial charge in [0.2, 0.25) is 5.91 Å². The van der Waals surface area contributed by atoms with Crippen molar-refractivity contribution in [2.24, 2.45) is 0 Å². The van der Waals surface area contributed by atoms with Gasteiger partial charge in [-0.15, -0.1) is 0 Å². The van der Waals surface area contributed by atoms with Crippen molar-refractivity contribution in [1.82, 2.24) is 5.32 Å². The molecule has 0 fully saturated rings. The largest absolute Gasteiger partial charge is 0.461 e. The van der Waals surface area contributed by atoms with E-state index in [1.165, 1.54) is 0 Å². The number of furan rings is 1. The highest BCUT2D eigenvalue weighted by Gasteiger charge is 2.12. The molecule has 0 saturated heterocycles. The number of hydrogen-bond donors (Lipinski definition) is 1. The molecule has 0 aliphatic heterocycles. The first kappa shape index (κ1) is 15.6. The minimum absolute atomic E-state index is 0.00875. The Kier molecular flexibility index (Phi) is 4.68. The van der Waals surface area contributed by atoms with Gasteiger partial charge in [0.25, 0.3) is 0 Å². The van der Waals surface area contributed by atoms with Crippen LogP contribution in [0.3, 0.4) is 0 Å². The molecule has 0 aliphatic rings. The van der Waals surface area contributed by atoms with Gasteiger partial charge in [-0.3, -0.25) is 4.79 Å². The topological polar surface area (TPSA) is 42.2 Å². The van der Waals surface area contributed by atoms with Gasteiger partial charge < -0.3 is 9.73 Å². The van der Waals surface area contributed by atoms with E-state index in [0.717, 1.165) is 22.3 Å². The molecule has 1 N–H and O–H groups in total. The highest BCUT2D eigenvalue weighted by atomic mass is 35.5. The van der Waals surface area contributed by atoms with E-state index in [0.29, 0.717) is 11.4 Å². The van der Waals surface area contributed by atoms with Crippen LogP contribution in [0, 0.1) is 0 Å². The minimum atomic E-state index is -0.0401. The Morgan fingerprint density at radius 1 is 1.17 bits per heavy atom. The third kappa shape index (κ3) is 3.93. The molecule has 23 heavy (non-hydrogen) atoms. The van der Waals surface area contributed by atoms with Crippen molar-refractivity contribution in [1.29, 1.82) is 0 Å². The number of fused-ring (bicyclic) bond motifs is 1. The third-order valence-corrected chi connectivity index (χ3v) is 4.07. The molecular formula is C19H18ClNO2. The SMILES string of the molecule is C[C@@H](Cc1cc2ccccc2o1)NC(=O)Cc1ccccc1Cl. The van der Waals surface area contributed by atoms with E-state index in [1.54, 1.807) is 6.07 Å². The second-order valence-corrected chi connectivity index (χ2v) is 6.10. The Morgan fingerprint density at radius 2 is 1.91 bits per heavy atom. The molecule has 0 aliphatic carbocycles. The van der Waals surface area contributed by atoms with Crippen LogP contribution < -0.4 is 5.32 Å². The van der Waals surface area contributed by atoms with Gasteiger partial charge in [0.05, 0.1) is 6.42 Å². The van der Waals surface area contributed by atoms with E-state index in [9.17, 15) is 4.79 Å². The van der Waals surface area contributed by atoms with Crippen LogP contribution in [0.25, 0.3) is 11.0 Å². The summed E-state index contributed by atoms with van der Waals surface area (Å²) in [6.45, 7) is 1.97. The Bertz CT molecular complexity index is 792. The maximum Gasteiger partial charge on any atom is 0.224 e. The average molecular weight is 328 g/mol. The van der Waals surface area contributed by atoms with E-state index in [-0.39, 0.29) is 18.4 Å². The van der Waals surface area contributed by atoms with Crippen LogP contribution >= 0.6 is 11.6 Å². The van der Waals surface area contributed by atoms with Crippen molar-refractivity contribution < 1.29 is 9.21 Å². The molecule has 0 bridgehead atoms. The molecule has 0 spiro atoms. The highest BCUT2D eigenvalue weighted by molar-refractivity contribution is 6.31. The van der Waals surface area contributed by atoms with Crippen molar-refractivity contribution in [3.63, 3.8) is 0 Å². The molecule has 1 heterocycles. The second kappa shape index (κ2) is 6.88. The fourth-order valence-electron chi connectivity index (χ4n) is 2.63. The number of nitrogens with one attached hydrogen (secondary N) is 1. The molecule has 3 rings (SSSR count). The minimum Gasteiger partial charge on any atom is -0.461 e. The smallest absolute Gasteiger partial charge is 0.224 e. The summed E-state index contributed by atoms with van der Waals surface area (Å²) in [4.78, 5) is 12.1. The van der Waals surface area contributed by atoms with Gasteiger partial charge in [-0.05, 0) is 30.7 Å². The summed E-state index contributed by atoms with van der Waals surface area (Å²) in [7, 11) is 0. The summed E-state index contributed by atoms with van der Waals surface area (Å²) >= 11 is 6.08. The molecule has 0 unspecified atom stereocenters. The third-order valence-electron chi connectivity index (χ3n) is 3.70. The van der Waals surface area contributed by atoms with Gasteiger partial charge in [0, 0.05) is 22.9 Å². The molecular weight excluding hydrogens is 310 g/mol. The lowest BCUT2D eigenvalue weighted by Gasteiger charge is -2.13. The summed E-state index contributed by atoms with van der Waals surface area (Å²) in [6.07, 6.45) is 0.938. The molecule has 118 valence electrons. The number of halogens is 1. The van der Waals surface area contributed by atoms with Crippen LogP contribution in [0.5, 0.6) is 0 Å². The maximum atomic E-state index is 12.1. The highest BCUT2D eigenvalue weighted by Crippen LogP contribution is 2.20. The standard InChI is InChI=1S/C19H18ClNO2/c1-13(10-16-11-15-7-3-5-9-18(15)23-16)21-19(22)12-14-6-2-4-8-17(14)20/h2-9,11,13H,10,12H2,1H3,(H,21,22)/t13-/m0/s1. The van der Waals surface area contributed by atoms with Crippen molar-refractivity contribution >= 4 is 28.5 Å². The van der Waals surface area contributed by atoms with E-state index in [1.807, 2.05) is 55.5 Å². The van der Waals surface area contributed by atoms with Crippen LogP contribution in [0.4, 0.5) is 0 Å². The molecule has 3 nitrogen and oxygen atoms in total. The number of amides is 1. The van der Waals surface area contributed by atoms with Gasteiger partial charge in [-0.2, -0.15) is 0 Å². The van der Waals surface area contributed by atoms with Gasteiger partial charge in [-0.25, -0.2) is 0 Å². The molecule has 4 heteroatoms. The summed E-state index contributed by atoms with van der Waals surface area (Å²) in [5, 5.41) is 4.69. The maximum absolute atomic E-state index is 12.1. The predicted molar refractivity (Wildman–Crippen MR) is 92.7 cm³/mol. The van der Waals surface area contributed by atoms with Gasteiger partial charge in [0.15, 0.2) is 0 Å². The zero-order valence-corrected chi connectivity index (χ0v) is 13.6. The van der Waals surface area contributed by atoms with E-state index in [4.69, 9.17) is 16.0 Å². The first-order chi connectivity index (χ1) is 11.1. The van der Waals surface area contributed by atoms with Crippen molar-refractivity contribution in [3.05, 3.63) is 70.9 Å². The second-order valence-electron chi connectivity index (χ2n) is 5.69. The molecule has 3 aromatic rings. The molecule has 1 atom stereocenters. The summed E-state index contributed by atoms with van der Waals surface area (Å²) in [5.41, 5.74) is 1.71. The number of rotatable bonds is 5. The van der Waals surface area contributed by atoms with E-state index >= 15 is 0 Å². The lowest BCUT2D eigenvalue weighted by molar-refractivity contribution is -0.121. The Hall–Kier alpha value is -2.26. The number of carbonyl (C=O) groups excluding carboxylic acids is 1. The van der Waals surface area contributed by atoms with Crippen LogP contribution in [0.2, 0.25) is 5.02 Å². The Morgan fingerprint density at radius 3 is 2.70 bits per heavy atom. The molecule has 0 radical (unpaired) electrons. The van der Waals surface area contributed by atoms with Crippen molar-refractivity contribution in [2.45, 2.75) is 25.8 Å². The zero-order valence-electron chi connectivity index (χ0n) is 12.9. The lowest BCUT2D eigenvalue weighted by atomic mass is 10.1. The van der Waals surface area contributed by atoms with Gasteiger partial charge in [0.1, 0.15) is 11.3 Å². The predicted octanol–water partition coefficient (Wildman–Crippen LogP) is 4.38. The number of carbonyl (C=O) groups is 1. The van der Waals surface area contributed by atoms with Crippen molar-refractivity contribution in [2.75, 3.05) is 0 Å². The summed E-state index contributed by atoms with van der Waals surface area (Å²) < 4.78 is 5.79. The van der Waals surface area contributed by atoms with Gasteiger partial charge in [-0.1, -0.05) is 48.0 Å². The monoisotopic (exact) mass is 327 g/mol. The molecule has 1 amide bonds. The quantitative estimate of drug-likeness (QED) is 0.755. The number of para-hydroxylation sites is 1. The molecule has 0 saturated carbocycles. The number of benzene rings is 2. The van der Waals surface area contributed by atoms with Crippen LogP contribution in [0.15, 0.2) is 59.0 Å². The number of hydrogen-bond acceptors (Lipinski definition) is 2. The van der Waals surface area contributed by atoms with Crippen LogP contribution in [-0.4, -0.2) is 11.9 Å².